The minimum absolute atomic E-state index is 0.000834. The van der Waals surface area contributed by atoms with Crippen molar-refractivity contribution in [3.8, 4) is 0 Å². The normalized spacial score (nSPS) is 20.0. The molecule has 248 valence electrons. The maximum absolute atomic E-state index is 14.3. The molecule has 0 spiro atoms. The second-order valence-electron chi connectivity index (χ2n) is 13.7. The molecule has 9 nitrogen and oxygen atoms in total. The molecule has 11 heteroatoms. The van der Waals surface area contributed by atoms with Gasteiger partial charge in [0.15, 0.2) is 5.01 Å². The number of amides is 2. The van der Waals surface area contributed by atoms with Crippen molar-refractivity contribution in [1.82, 2.24) is 34.9 Å². The summed E-state index contributed by atoms with van der Waals surface area (Å²) in [7, 11) is 0. The Morgan fingerprint density at radius 2 is 1.68 bits per heavy atom. The molecular weight excluding hydrogens is 630 g/mol. The van der Waals surface area contributed by atoms with Gasteiger partial charge in [0, 0.05) is 43.8 Å². The van der Waals surface area contributed by atoms with E-state index in [0.29, 0.717) is 35.5 Å². The predicted octanol–water partition coefficient (Wildman–Crippen LogP) is 6.24. The van der Waals surface area contributed by atoms with Gasteiger partial charge in [-0.25, -0.2) is 9.97 Å². The molecule has 2 aromatic heterocycles. The molecule has 3 fully saturated rings. The fourth-order valence-corrected chi connectivity index (χ4v) is 9.21. The van der Waals surface area contributed by atoms with Gasteiger partial charge in [0.1, 0.15) is 12.7 Å². The Morgan fingerprint density at radius 1 is 0.936 bits per heavy atom. The predicted molar refractivity (Wildman–Crippen MR) is 185 cm³/mol. The van der Waals surface area contributed by atoms with Crippen molar-refractivity contribution in [3.63, 3.8) is 0 Å². The van der Waals surface area contributed by atoms with Gasteiger partial charge in [0.05, 0.1) is 16.3 Å². The van der Waals surface area contributed by atoms with Gasteiger partial charge in [-0.3, -0.25) is 14.3 Å². The first kappa shape index (κ1) is 32.2. The molecule has 1 aliphatic carbocycles. The van der Waals surface area contributed by atoms with Gasteiger partial charge in [0.25, 0.3) is 5.91 Å². The van der Waals surface area contributed by atoms with Crippen LogP contribution in [-0.2, 0) is 17.8 Å². The fraction of sp³-hybridized carbons (Fsp3) is 0.528. The molecule has 3 aliphatic rings. The summed E-state index contributed by atoms with van der Waals surface area (Å²) < 4.78 is 3.04. The lowest BCUT2D eigenvalue weighted by atomic mass is 9.63. The van der Waals surface area contributed by atoms with E-state index < -0.39 is 0 Å². The first-order chi connectivity index (χ1) is 23.0. The number of hydrogen-bond acceptors (Lipinski definition) is 7. The highest BCUT2D eigenvalue weighted by Gasteiger charge is 2.44. The van der Waals surface area contributed by atoms with E-state index in [0.717, 1.165) is 61.1 Å². The largest absolute Gasteiger partial charge is 0.341 e. The summed E-state index contributed by atoms with van der Waals surface area (Å²) in [6, 6.07) is 15.5. The van der Waals surface area contributed by atoms with E-state index in [9.17, 15) is 9.59 Å². The van der Waals surface area contributed by atoms with Gasteiger partial charge < -0.3 is 15.1 Å². The molecule has 0 bridgehead atoms. The van der Waals surface area contributed by atoms with Crippen molar-refractivity contribution < 1.29 is 9.59 Å². The van der Waals surface area contributed by atoms with E-state index >= 15 is 0 Å². The summed E-state index contributed by atoms with van der Waals surface area (Å²) >= 11 is 7.66. The molecule has 1 atom stereocenters. The van der Waals surface area contributed by atoms with Crippen LogP contribution in [0.2, 0.25) is 5.02 Å². The summed E-state index contributed by atoms with van der Waals surface area (Å²) in [5.74, 6) is 0.835. The van der Waals surface area contributed by atoms with Gasteiger partial charge in [-0.1, -0.05) is 55.1 Å². The average Bonchev–Trinajstić information content (AvgIpc) is 3.79. The lowest BCUT2D eigenvalue weighted by molar-refractivity contribution is -0.137. The van der Waals surface area contributed by atoms with Crippen LogP contribution in [-0.4, -0.2) is 79.6 Å². The molecule has 2 aromatic carbocycles. The highest BCUT2D eigenvalue weighted by Crippen LogP contribution is 2.47. The number of carbonyl (C=O) groups is 2. The van der Waals surface area contributed by atoms with Crippen molar-refractivity contribution in [2.75, 3.05) is 26.2 Å². The number of nitrogens with one attached hydrogen (secondary N) is 1. The zero-order valence-electron chi connectivity index (χ0n) is 26.9. The van der Waals surface area contributed by atoms with Crippen LogP contribution in [0, 0.1) is 11.3 Å². The molecule has 4 aromatic rings. The van der Waals surface area contributed by atoms with E-state index in [1.54, 1.807) is 6.33 Å². The first-order valence-corrected chi connectivity index (χ1v) is 18.4. The number of hydrogen-bond donors (Lipinski definition) is 1. The molecule has 2 saturated heterocycles. The summed E-state index contributed by atoms with van der Waals surface area (Å²) in [6.45, 7) is 3.69. The monoisotopic (exact) mass is 673 g/mol. The number of para-hydroxylation sites is 1. The van der Waals surface area contributed by atoms with Crippen LogP contribution < -0.4 is 5.32 Å². The Hall–Kier alpha value is -3.34. The Balaban J connectivity index is 1.01. The Bertz CT molecular complexity index is 1600. The third kappa shape index (κ3) is 7.39. The van der Waals surface area contributed by atoms with Crippen LogP contribution >= 0.6 is 22.9 Å². The van der Waals surface area contributed by atoms with Crippen molar-refractivity contribution in [2.45, 2.75) is 82.8 Å². The summed E-state index contributed by atoms with van der Waals surface area (Å²) in [6.07, 6.45) is 14.1. The van der Waals surface area contributed by atoms with E-state index in [1.807, 2.05) is 64.4 Å². The van der Waals surface area contributed by atoms with Crippen molar-refractivity contribution >= 4 is 45.0 Å². The number of nitrogens with zero attached hydrogens (tertiary/aromatic N) is 6. The Labute approximate surface area is 285 Å². The van der Waals surface area contributed by atoms with Crippen LogP contribution in [0.15, 0.2) is 61.2 Å². The van der Waals surface area contributed by atoms with E-state index in [2.05, 4.69) is 25.3 Å². The Kier molecular flexibility index (Phi) is 9.88. The lowest BCUT2D eigenvalue weighted by Crippen LogP contribution is -2.56. The maximum Gasteiger partial charge on any atom is 0.282 e. The summed E-state index contributed by atoms with van der Waals surface area (Å²) in [5, 5.41) is 9.47. The van der Waals surface area contributed by atoms with Gasteiger partial charge in [-0.15, -0.1) is 11.3 Å². The van der Waals surface area contributed by atoms with Crippen molar-refractivity contribution in [3.05, 3.63) is 76.8 Å². The Morgan fingerprint density at radius 3 is 2.38 bits per heavy atom. The molecule has 47 heavy (non-hydrogen) atoms. The number of halogens is 1. The topological polar surface area (TPSA) is 96.2 Å². The van der Waals surface area contributed by atoms with Crippen LogP contribution in [0.3, 0.4) is 0 Å². The zero-order valence-corrected chi connectivity index (χ0v) is 28.5. The van der Waals surface area contributed by atoms with Crippen molar-refractivity contribution in [1.29, 1.82) is 0 Å². The van der Waals surface area contributed by atoms with Gasteiger partial charge in [0.2, 0.25) is 5.91 Å². The second kappa shape index (κ2) is 14.4. The fourth-order valence-electron chi connectivity index (χ4n) is 8.15. The molecule has 4 heterocycles. The van der Waals surface area contributed by atoms with Gasteiger partial charge in [-0.2, -0.15) is 5.10 Å². The van der Waals surface area contributed by atoms with Crippen LogP contribution in [0.5, 0.6) is 0 Å². The SMILES string of the molecule is O=C(c1nc2ccccc2s1)N1CCC(N[C@H](Cc2ccc(Cl)cc2)C(=O)N2CCC(Cn3cncn3)(C3CCCCC3)CC2)CC1. The van der Waals surface area contributed by atoms with Crippen LogP contribution in [0.25, 0.3) is 10.2 Å². The third-order valence-electron chi connectivity index (χ3n) is 10.8. The second-order valence-corrected chi connectivity index (χ2v) is 15.2. The average molecular weight is 674 g/mol. The molecule has 2 aliphatic heterocycles. The van der Waals surface area contributed by atoms with E-state index in [4.69, 9.17) is 11.6 Å². The summed E-state index contributed by atoms with van der Waals surface area (Å²) in [4.78, 5) is 40.5. The number of thiazole rings is 1. The molecule has 2 amide bonds. The van der Waals surface area contributed by atoms with Gasteiger partial charge in [-0.05, 0) is 86.1 Å². The first-order valence-electron chi connectivity index (χ1n) is 17.2. The number of piperidine rings is 2. The lowest BCUT2D eigenvalue weighted by Gasteiger charge is -2.48. The molecule has 1 saturated carbocycles. The quantitative estimate of drug-likeness (QED) is 0.226. The zero-order chi connectivity index (χ0) is 32.2. The smallest absolute Gasteiger partial charge is 0.282 e. The van der Waals surface area contributed by atoms with Crippen molar-refractivity contribution in [2.24, 2.45) is 11.3 Å². The maximum atomic E-state index is 14.3. The molecule has 0 unspecified atom stereocenters. The molecule has 1 N–H and O–H groups in total. The highest BCUT2D eigenvalue weighted by atomic mass is 35.5. The third-order valence-corrected chi connectivity index (χ3v) is 12.1. The van der Waals surface area contributed by atoms with Crippen LogP contribution in [0.1, 0.15) is 73.2 Å². The number of fused-ring (bicyclic) bond motifs is 1. The van der Waals surface area contributed by atoms with Gasteiger partial charge >= 0.3 is 0 Å². The molecular formula is C36H44ClN7O2S. The molecule has 7 rings (SSSR count). The minimum Gasteiger partial charge on any atom is -0.341 e. The minimum atomic E-state index is -0.342. The van der Waals surface area contributed by atoms with E-state index in [1.165, 1.54) is 43.4 Å². The number of likely N-dealkylation sites (tertiary alicyclic amines) is 2. The van der Waals surface area contributed by atoms with Crippen LogP contribution in [0.4, 0.5) is 0 Å². The number of rotatable bonds is 9. The highest BCUT2D eigenvalue weighted by molar-refractivity contribution is 7.20. The standard InChI is InChI=1S/C36H44ClN7O2S/c37-28-12-10-26(11-13-28)22-31(40-29-14-18-42(19-15-29)35(46)33-41-30-8-4-5-9-32(30)47-33)34(45)43-20-16-36(17-21-43,23-44-25-38-24-39-44)27-6-2-1-3-7-27/h4-5,8-13,24-25,27,29,31,40H,1-3,6-7,14-23H2/t31-/m1/s1. The number of aromatic nitrogens is 4. The summed E-state index contributed by atoms with van der Waals surface area (Å²) in [5.41, 5.74) is 2.10. The molecule has 0 radical (unpaired) electrons. The van der Waals surface area contributed by atoms with E-state index in [-0.39, 0.29) is 29.3 Å². The number of benzene rings is 2. The number of carbonyl (C=O) groups excluding carboxylic acids is 2.